The van der Waals surface area contributed by atoms with Crippen molar-refractivity contribution in [2.75, 3.05) is 7.05 Å². The van der Waals surface area contributed by atoms with E-state index in [1.165, 1.54) is 11.9 Å². The van der Waals surface area contributed by atoms with Crippen LogP contribution in [0.2, 0.25) is 0 Å². The summed E-state index contributed by atoms with van der Waals surface area (Å²) in [5, 5.41) is 0. The Morgan fingerprint density at radius 1 is 1.23 bits per heavy atom. The first kappa shape index (κ1) is 7.98. The van der Waals surface area contributed by atoms with Gasteiger partial charge in [0.1, 0.15) is 0 Å². The molecule has 3 heteroatoms. The third-order valence-corrected chi connectivity index (χ3v) is 2.28. The molecule has 1 fully saturated rings. The number of hydrogen-bond acceptors (Lipinski definition) is 2. The molecule has 13 heavy (non-hydrogen) atoms. The van der Waals surface area contributed by atoms with Crippen molar-refractivity contribution in [3.8, 4) is 0 Å². The zero-order chi connectivity index (χ0) is 9.42. The SMILES string of the molecule is CN1C(=O)C2=CC=CC=CC2C1=O. The highest BCUT2D eigenvalue weighted by Gasteiger charge is 2.39. The monoisotopic (exact) mass is 175 g/mol. The number of likely N-dealkylation sites (tertiary alicyclic amines) is 1. The largest absolute Gasteiger partial charge is 0.281 e. The van der Waals surface area contributed by atoms with Crippen molar-refractivity contribution in [3.63, 3.8) is 0 Å². The second kappa shape index (κ2) is 2.69. The minimum Gasteiger partial charge on any atom is -0.281 e. The summed E-state index contributed by atoms with van der Waals surface area (Å²) < 4.78 is 0. The van der Waals surface area contributed by atoms with Crippen LogP contribution in [0.5, 0.6) is 0 Å². The smallest absolute Gasteiger partial charge is 0.257 e. The summed E-state index contributed by atoms with van der Waals surface area (Å²) >= 11 is 0. The van der Waals surface area contributed by atoms with Crippen LogP contribution in [-0.2, 0) is 9.59 Å². The molecule has 0 aromatic rings. The lowest BCUT2D eigenvalue weighted by atomic mass is 10.0. The molecule has 2 aliphatic rings. The quantitative estimate of drug-likeness (QED) is 0.507. The van der Waals surface area contributed by atoms with Crippen LogP contribution >= 0.6 is 0 Å². The average molecular weight is 175 g/mol. The van der Waals surface area contributed by atoms with Crippen LogP contribution in [0.1, 0.15) is 0 Å². The molecule has 66 valence electrons. The van der Waals surface area contributed by atoms with E-state index in [2.05, 4.69) is 0 Å². The molecule has 0 aromatic carbocycles. The first-order valence-electron chi connectivity index (χ1n) is 4.09. The van der Waals surface area contributed by atoms with Crippen LogP contribution < -0.4 is 0 Å². The van der Waals surface area contributed by atoms with Gasteiger partial charge >= 0.3 is 0 Å². The molecule has 0 saturated carbocycles. The Morgan fingerprint density at radius 3 is 2.77 bits per heavy atom. The first-order valence-corrected chi connectivity index (χ1v) is 4.09. The molecular formula is C10H9NO2. The Labute approximate surface area is 76.0 Å². The summed E-state index contributed by atoms with van der Waals surface area (Å²) in [6.07, 6.45) is 8.83. The molecule has 0 bridgehead atoms. The molecule has 0 spiro atoms. The number of nitrogens with zero attached hydrogens (tertiary/aromatic N) is 1. The van der Waals surface area contributed by atoms with E-state index < -0.39 is 0 Å². The summed E-state index contributed by atoms with van der Waals surface area (Å²) in [7, 11) is 1.51. The van der Waals surface area contributed by atoms with Gasteiger partial charge in [-0.3, -0.25) is 14.5 Å². The lowest BCUT2D eigenvalue weighted by Crippen LogP contribution is -2.25. The number of carbonyl (C=O) groups excluding carboxylic acids is 2. The molecule has 3 nitrogen and oxygen atoms in total. The fraction of sp³-hybridized carbons (Fsp3) is 0.200. The zero-order valence-electron chi connectivity index (χ0n) is 7.23. The molecule has 2 rings (SSSR count). The summed E-state index contributed by atoms with van der Waals surface area (Å²) in [4.78, 5) is 24.1. The van der Waals surface area contributed by atoms with Gasteiger partial charge in [0.15, 0.2) is 0 Å². The summed E-state index contributed by atoms with van der Waals surface area (Å²) in [5.41, 5.74) is 0.567. The number of fused-ring (bicyclic) bond motifs is 1. The van der Waals surface area contributed by atoms with Crippen molar-refractivity contribution >= 4 is 11.8 Å². The summed E-state index contributed by atoms with van der Waals surface area (Å²) in [6.45, 7) is 0. The highest BCUT2D eigenvalue weighted by Crippen LogP contribution is 2.26. The van der Waals surface area contributed by atoms with Gasteiger partial charge in [-0.2, -0.15) is 0 Å². The third kappa shape index (κ3) is 1.04. The number of rotatable bonds is 0. The molecule has 1 heterocycles. The van der Waals surface area contributed by atoms with Gasteiger partial charge in [-0.25, -0.2) is 0 Å². The van der Waals surface area contributed by atoms with Crippen molar-refractivity contribution in [2.45, 2.75) is 0 Å². The molecular weight excluding hydrogens is 166 g/mol. The van der Waals surface area contributed by atoms with Gasteiger partial charge in [-0.1, -0.05) is 30.4 Å². The number of carbonyl (C=O) groups is 2. The number of allylic oxidation sites excluding steroid dienone is 4. The Kier molecular flexibility index (Phi) is 1.65. The van der Waals surface area contributed by atoms with Crippen molar-refractivity contribution in [2.24, 2.45) is 5.92 Å². The molecule has 1 saturated heterocycles. The maximum Gasteiger partial charge on any atom is 0.257 e. The fourth-order valence-corrected chi connectivity index (χ4v) is 1.53. The number of hydrogen-bond donors (Lipinski definition) is 0. The van der Waals surface area contributed by atoms with E-state index in [-0.39, 0.29) is 17.7 Å². The van der Waals surface area contributed by atoms with Crippen molar-refractivity contribution in [3.05, 3.63) is 36.0 Å². The predicted octanol–water partition coefficient (Wildman–Crippen LogP) is 0.654. The van der Waals surface area contributed by atoms with E-state index in [1.54, 1.807) is 24.3 Å². The minimum absolute atomic E-state index is 0.142. The van der Waals surface area contributed by atoms with Crippen LogP contribution in [0.25, 0.3) is 0 Å². The molecule has 0 N–H and O–H groups in total. The van der Waals surface area contributed by atoms with Crippen LogP contribution in [0.15, 0.2) is 36.0 Å². The summed E-state index contributed by atoms with van der Waals surface area (Å²) in [6, 6.07) is 0. The normalized spacial score (nSPS) is 26.1. The molecule has 0 radical (unpaired) electrons. The zero-order valence-corrected chi connectivity index (χ0v) is 7.23. The Bertz CT molecular complexity index is 363. The molecule has 1 aliphatic heterocycles. The lowest BCUT2D eigenvalue weighted by molar-refractivity contribution is -0.136. The minimum atomic E-state index is -0.368. The van der Waals surface area contributed by atoms with Gasteiger partial charge in [0.05, 0.1) is 5.92 Å². The molecule has 1 aliphatic carbocycles. The highest BCUT2D eigenvalue weighted by molar-refractivity contribution is 6.15. The summed E-state index contributed by atoms with van der Waals surface area (Å²) in [5.74, 6) is -0.699. The van der Waals surface area contributed by atoms with Crippen molar-refractivity contribution in [1.29, 1.82) is 0 Å². The van der Waals surface area contributed by atoms with Gasteiger partial charge < -0.3 is 0 Å². The standard InChI is InChI=1S/C10H9NO2/c1-11-9(12)7-5-3-2-4-6-8(7)10(11)13/h2-7H,1H3. The van der Waals surface area contributed by atoms with Gasteiger partial charge in [0.2, 0.25) is 5.91 Å². The lowest BCUT2D eigenvalue weighted by Gasteiger charge is -2.03. The Hall–Kier alpha value is -1.64. The number of imide groups is 1. The highest BCUT2D eigenvalue weighted by atomic mass is 16.2. The third-order valence-electron chi connectivity index (χ3n) is 2.28. The van der Waals surface area contributed by atoms with Gasteiger partial charge in [0.25, 0.3) is 5.91 Å². The van der Waals surface area contributed by atoms with Gasteiger partial charge in [-0.15, -0.1) is 0 Å². The van der Waals surface area contributed by atoms with E-state index in [0.29, 0.717) is 5.57 Å². The topological polar surface area (TPSA) is 37.4 Å². The molecule has 2 amide bonds. The van der Waals surface area contributed by atoms with Crippen molar-refractivity contribution < 1.29 is 9.59 Å². The van der Waals surface area contributed by atoms with Crippen LogP contribution in [0.3, 0.4) is 0 Å². The molecule has 0 aromatic heterocycles. The van der Waals surface area contributed by atoms with Gasteiger partial charge in [-0.05, 0) is 0 Å². The first-order chi connectivity index (χ1) is 6.22. The predicted molar refractivity (Wildman–Crippen MR) is 47.6 cm³/mol. The van der Waals surface area contributed by atoms with E-state index in [4.69, 9.17) is 0 Å². The number of amides is 2. The van der Waals surface area contributed by atoms with E-state index in [9.17, 15) is 9.59 Å². The van der Waals surface area contributed by atoms with Crippen LogP contribution in [-0.4, -0.2) is 23.8 Å². The van der Waals surface area contributed by atoms with E-state index in [0.717, 1.165) is 0 Å². The Morgan fingerprint density at radius 2 is 2.00 bits per heavy atom. The van der Waals surface area contributed by atoms with Crippen molar-refractivity contribution in [1.82, 2.24) is 4.90 Å². The number of likely N-dealkylation sites (N-methyl/N-ethyl adjacent to an activating group) is 1. The van der Waals surface area contributed by atoms with E-state index >= 15 is 0 Å². The molecule has 1 unspecified atom stereocenters. The molecule has 1 atom stereocenters. The second-order valence-corrected chi connectivity index (χ2v) is 3.07. The second-order valence-electron chi connectivity index (χ2n) is 3.07. The van der Waals surface area contributed by atoms with Gasteiger partial charge in [0, 0.05) is 12.6 Å². The van der Waals surface area contributed by atoms with E-state index in [1.807, 2.05) is 6.08 Å². The maximum atomic E-state index is 11.5. The Balaban J connectivity index is 2.50. The fourth-order valence-electron chi connectivity index (χ4n) is 1.53. The van der Waals surface area contributed by atoms with Crippen LogP contribution in [0, 0.1) is 5.92 Å². The van der Waals surface area contributed by atoms with Crippen LogP contribution in [0.4, 0.5) is 0 Å². The average Bonchev–Trinajstić information content (AvgIpc) is 2.40. The maximum absolute atomic E-state index is 11.5.